The number of anilines is 4. The fourth-order valence-electron chi connectivity index (χ4n) is 3.46. The molecule has 1 aromatic heterocycles. The van der Waals surface area contributed by atoms with Crippen LogP contribution in [0.25, 0.3) is 0 Å². The van der Waals surface area contributed by atoms with Crippen molar-refractivity contribution < 1.29 is 8.78 Å². The van der Waals surface area contributed by atoms with Crippen LogP contribution in [0.15, 0.2) is 42.6 Å². The van der Waals surface area contributed by atoms with Crippen LogP contribution in [-0.2, 0) is 0 Å². The number of benzene rings is 2. The summed E-state index contributed by atoms with van der Waals surface area (Å²) in [6.45, 7) is 7.64. The van der Waals surface area contributed by atoms with Crippen molar-refractivity contribution in [2.75, 3.05) is 41.3 Å². The third kappa shape index (κ3) is 4.11. The van der Waals surface area contributed by atoms with Gasteiger partial charge in [0.25, 0.3) is 0 Å². The van der Waals surface area contributed by atoms with Crippen LogP contribution in [0.3, 0.4) is 0 Å². The number of halogens is 2. The molecule has 1 aliphatic rings. The predicted molar refractivity (Wildman–Crippen MR) is 110 cm³/mol. The van der Waals surface area contributed by atoms with E-state index in [1.54, 1.807) is 6.20 Å². The minimum Gasteiger partial charge on any atom is -0.368 e. The van der Waals surface area contributed by atoms with E-state index in [4.69, 9.17) is 0 Å². The Kier molecular flexibility index (Phi) is 5.24. The molecule has 0 atom stereocenters. The first-order valence-corrected chi connectivity index (χ1v) is 9.49. The van der Waals surface area contributed by atoms with E-state index in [1.807, 2.05) is 0 Å². The van der Waals surface area contributed by atoms with Gasteiger partial charge in [-0.1, -0.05) is 12.1 Å². The van der Waals surface area contributed by atoms with Crippen LogP contribution >= 0.6 is 0 Å². The van der Waals surface area contributed by atoms with E-state index < -0.39 is 11.6 Å². The minimum atomic E-state index is -0.929. The fourth-order valence-corrected chi connectivity index (χ4v) is 3.46. The van der Waals surface area contributed by atoms with Gasteiger partial charge < -0.3 is 15.1 Å². The number of nitrogens with one attached hydrogen (secondary N) is 1. The van der Waals surface area contributed by atoms with Gasteiger partial charge in [0.2, 0.25) is 5.95 Å². The van der Waals surface area contributed by atoms with Gasteiger partial charge in [-0.3, -0.25) is 0 Å². The summed E-state index contributed by atoms with van der Waals surface area (Å²) in [5, 5.41) is 10.8. The summed E-state index contributed by atoms with van der Waals surface area (Å²) in [6.07, 6.45) is 1.62. The molecule has 1 aliphatic heterocycles. The van der Waals surface area contributed by atoms with Gasteiger partial charge in [-0.05, 0) is 43.2 Å². The van der Waals surface area contributed by atoms with Crippen LogP contribution < -0.4 is 15.1 Å². The van der Waals surface area contributed by atoms with Crippen LogP contribution in [0.5, 0.6) is 0 Å². The molecular weight excluding hydrogens is 374 g/mol. The van der Waals surface area contributed by atoms with E-state index in [0.29, 0.717) is 11.5 Å². The van der Waals surface area contributed by atoms with Gasteiger partial charge in [0, 0.05) is 43.6 Å². The number of piperazine rings is 1. The molecular formula is C21H22F2N6. The Labute approximate surface area is 168 Å². The van der Waals surface area contributed by atoms with E-state index in [0.717, 1.165) is 38.3 Å². The number of nitrogens with zero attached hydrogens (tertiary/aromatic N) is 5. The van der Waals surface area contributed by atoms with Gasteiger partial charge in [0.05, 0.1) is 6.20 Å². The van der Waals surface area contributed by atoms with E-state index in [9.17, 15) is 8.78 Å². The number of aromatic nitrogens is 3. The maximum atomic E-state index is 13.4. The topological polar surface area (TPSA) is 57.2 Å². The molecule has 0 amide bonds. The third-order valence-corrected chi connectivity index (χ3v) is 5.24. The monoisotopic (exact) mass is 396 g/mol. The predicted octanol–water partition coefficient (Wildman–Crippen LogP) is 3.84. The average molecular weight is 396 g/mol. The second kappa shape index (κ2) is 7.98. The summed E-state index contributed by atoms with van der Waals surface area (Å²) in [6, 6.07) is 9.93. The lowest BCUT2D eigenvalue weighted by Crippen LogP contribution is -2.47. The maximum Gasteiger partial charge on any atom is 0.249 e. The lowest BCUT2D eigenvalue weighted by atomic mass is 10.1. The molecule has 0 saturated carbocycles. The van der Waals surface area contributed by atoms with Crippen LogP contribution in [0, 0.1) is 25.5 Å². The van der Waals surface area contributed by atoms with Crippen molar-refractivity contribution in [3.8, 4) is 0 Å². The molecule has 0 aliphatic carbocycles. The van der Waals surface area contributed by atoms with Crippen molar-refractivity contribution >= 4 is 23.1 Å². The van der Waals surface area contributed by atoms with Crippen molar-refractivity contribution in [2.24, 2.45) is 0 Å². The zero-order chi connectivity index (χ0) is 20.4. The molecule has 1 fully saturated rings. The van der Waals surface area contributed by atoms with Crippen molar-refractivity contribution in [1.29, 1.82) is 0 Å². The lowest BCUT2D eigenvalue weighted by Gasteiger charge is -2.37. The second-order valence-corrected chi connectivity index (χ2v) is 7.09. The van der Waals surface area contributed by atoms with Gasteiger partial charge in [-0.2, -0.15) is 10.1 Å². The Morgan fingerprint density at radius 1 is 0.931 bits per heavy atom. The van der Waals surface area contributed by atoms with Crippen LogP contribution in [0.4, 0.5) is 31.9 Å². The summed E-state index contributed by atoms with van der Waals surface area (Å²) >= 11 is 0. The molecule has 6 nitrogen and oxygen atoms in total. The summed E-state index contributed by atoms with van der Waals surface area (Å²) in [4.78, 5) is 9.01. The highest BCUT2D eigenvalue weighted by molar-refractivity contribution is 5.58. The Morgan fingerprint density at radius 3 is 2.45 bits per heavy atom. The molecule has 150 valence electrons. The molecule has 3 aromatic rings. The highest BCUT2D eigenvalue weighted by Gasteiger charge is 2.20. The molecule has 1 saturated heterocycles. The highest BCUT2D eigenvalue weighted by atomic mass is 19.2. The van der Waals surface area contributed by atoms with Crippen LogP contribution in [0.1, 0.15) is 11.1 Å². The zero-order valence-electron chi connectivity index (χ0n) is 16.4. The number of rotatable bonds is 4. The van der Waals surface area contributed by atoms with Gasteiger partial charge in [0.1, 0.15) is 0 Å². The quantitative estimate of drug-likeness (QED) is 0.723. The van der Waals surface area contributed by atoms with Gasteiger partial charge >= 0.3 is 0 Å². The lowest BCUT2D eigenvalue weighted by molar-refractivity contribution is 0.509. The first kappa shape index (κ1) is 19.0. The smallest absolute Gasteiger partial charge is 0.249 e. The maximum absolute atomic E-state index is 13.4. The van der Waals surface area contributed by atoms with E-state index in [-0.39, 0.29) is 5.95 Å². The molecule has 29 heavy (non-hydrogen) atoms. The zero-order valence-corrected chi connectivity index (χ0v) is 16.4. The molecule has 2 heterocycles. The van der Waals surface area contributed by atoms with Gasteiger partial charge in [-0.25, -0.2) is 8.78 Å². The third-order valence-electron chi connectivity index (χ3n) is 5.24. The molecule has 4 rings (SSSR count). The number of hydrogen-bond acceptors (Lipinski definition) is 6. The Morgan fingerprint density at radius 2 is 1.69 bits per heavy atom. The van der Waals surface area contributed by atoms with E-state index in [2.05, 4.69) is 62.3 Å². The van der Waals surface area contributed by atoms with Crippen LogP contribution in [-0.4, -0.2) is 41.4 Å². The summed E-state index contributed by atoms with van der Waals surface area (Å²) in [5.41, 5.74) is 4.23. The van der Waals surface area contributed by atoms with Crippen LogP contribution in [0.2, 0.25) is 0 Å². The van der Waals surface area contributed by atoms with Crippen molar-refractivity contribution in [1.82, 2.24) is 15.2 Å². The standard InChI is InChI=1S/C21H22F2N6/c1-14-4-3-5-19(15(14)2)28-8-10-29(11-9-28)20-13-24-27-21(26-20)25-16-6-7-17(22)18(23)12-16/h3-7,12-13H,8-11H2,1-2H3,(H,25,26,27). The molecule has 2 aromatic carbocycles. The Balaban J connectivity index is 1.44. The van der Waals surface area contributed by atoms with E-state index >= 15 is 0 Å². The van der Waals surface area contributed by atoms with Crippen molar-refractivity contribution in [2.45, 2.75) is 13.8 Å². The SMILES string of the molecule is Cc1cccc(N2CCN(c3cnnc(Nc4ccc(F)c(F)c4)n3)CC2)c1C. The van der Waals surface area contributed by atoms with Crippen molar-refractivity contribution in [3.63, 3.8) is 0 Å². The second-order valence-electron chi connectivity index (χ2n) is 7.09. The summed E-state index contributed by atoms with van der Waals surface area (Å²) in [7, 11) is 0. The Bertz CT molecular complexity index is 1020. The summed E-state index contributed by atoms with van der Waals surface area (Å²) in [5.74, 6) is -0.886. The first-order chi connectivity index (χ1) is 14.0. The molecule has 0 bridgehead atoms. The number of aryl methyl sites for hydroxylation is 1. The fraction of sp³-hybridized carbons (Fsp3) is 0.286. The van der Waals surface area contributed by atoms with Gasteiger partial charge in [-0.15, -0.1) is 5.10 Å². The molecule has 0 radical (unpaired) electrons. The normalized spacial score (nSPS) is 14.2. The van der Waals surface area contributed by atoms with Crippen molar-refractivity contribution in [3.05, 3.63) is 65.4 Å². The molecule has 8 heteroatoms. The molecule has 0 spiro atoms. The molecule has 0 unspecified atom stereocenters. The highest BCUT2D eigenvalue weighted by Crippen LogP contribution is 2.25. The van der Waals surface area contributed by atoms with E-state index in [1.165, 1.54) is 22.9 Å². The summed E-state index contributed by atoms with van der Waals surface area (Å²) < 4.78 is 26.5. The minimum absolute atomic E-state index is 0.241. The molecule has 1 N–H and O–H groups in total. The van der Waals surface area contributed by atoms with Gasteiger partial charge in [0.15, 0.2) is 17.5 Å². The number of hydrogen-bond donors (Lipinski definition) is 1. The largest absolute Gasteiger partial charge is 0.368 e. The first-order valence-electron chi connectivity index (χ1n) is 9.49. The Hall–Kier alpha value is -3.29. The average Bonchev–Trinajstić information content (AvgIpc) is 2.73.